The van der Waals surface area contributed by atoms with Crippen molar-refractivity contribution >= 4 is 21.0 Å². The highest BCUT2D eigenvalue weighted by atomic mass is 32.2. The third-order valence-electron chi connectivity index (χ3n) is 7.53. The molecule has 3 aromatic rings. The van der Waals surface area contributed by atoms with E-state index in [9.17, 15) is 17.2 Å². The normalized spacial score (nSPS) is 18.6. The van der Waals surface area contributed by atoms with E-state index in [0.29, 0.717) is 19.6 Å². The zero-order valence-electron chi connectivity index (χ0n) is 25.7. The first-order valence-corrected chi connectivity index (χ1v) is 16.9. The Morgan fingerprint density at radius 2 is 1.33 bits per heavy atom. The fourth-order valence-corrected chi connectivity index (χ4v) is 7.27. The predicted molar refractivity (Wildman–Crippen MR) is 164 cm³/mol. The Balaban J connectivity index is 1.68. The Kier molecular flexibility index (Phi) is 9.41. The molecule has 0 bridgehead atoms. The first-order chi connectivity index (χ1) is 19.9. The first-order valence-electron chi connectivity index (χ1n) is 14.2. The van der Waals surface area contributed by atoms with E-state index in [-0.39, 0.29) is 16.6 Å². The van der Waals surface area contributed by atoms with E-state index in [1.807, 2.05) is 19.1 Å². The molecule has 0 aromatic heterocycles. The van der Waals surface area contributed by atoms with Crippen molar-refractivity contribution in [1.29, 1.82) is 0 Å². The molecule has 3 aromatic carbocycles. The molecule has 234 valence electrons. The second-order valence-corrected chi connectivity index (χ2v) is 16.2. The minimum atomic E-state index is -5.63. The monoisotopic (exact) mass is 635 g/mol. The van der Waals surface area contributed by atoms with Gasteiger partial charge in [0.1, 0.15) is 5.75 Å². The van der Waals surface area contributed by atoms with E-state index in [4.69, 9.17) is 18.8 Å². The van der Waals surface area contributed by atoms with Crippen molar-refractivity contribution in [3.8, 4) is 5.75 Å². The number of ether oxygens (including phenoxy) is 3. The zero-order valence-corrected chi connectivity index (χ0v) is 27.3. The van der Waals surface area contributed by atoms with Crippen molar-refractivity contribution in [2.75, 3.05) is 13.2 Å². The second kappa shape index (κ2) is 12.1. The van der Waals surface area contributed by atoms with Gasteiger partial charge < -0.3 is 14.2 Å². The number of rotatable bonds is 9. The molecule has 1 aliphatic heterocycles. The van der Waals surface area contributed by atoms with Crippen LogP contribution in [-0.4, -0.2) is 37.5 Å². The van der Waals surface area contributed by atoms with Crippen molar-refractivity contribution in [2.24, 2.45) is 5.41 Å². The maximum absolute atomic E-state index is 14.1. The van der Waals surface area contributed by atoms with E-state index in [1.165, 1.54) is 17.7 Å². The molecule has 0 saturated carbocycles. The molecule has 43 heavy (non-hydrogen) atoms. The summed E-state index contributed by atoms with van der Waals surface area (Å²) in [7, 11) is -6.19. The number of benzene rings is 3. The number of halogens is 2. The molecule has 6 nitrogen and oxygen atoms in total. The van der Waals surface area contributed by atoms with Crippen LogP contribution in [0, 0.1) is 5.41 Å². The summed E-state index contributed by atoms with van der Waals surface area (Å²) in [5, 5.41) is -4.45. The van der Waals surface area contributed by atoms with Crippen molar-refractivity contribution in [2.45, 2.75) is 92.1 Å². The van der Waals surface area contributed by atoms with Crippen LogP contribution in [0.4, 0.5) is 8.78 Å². The molecule has 0 amide bonds. The summed E-state index contributed by atoms with van der Waals surface area (Å²) in [5.41, 5.74) is 2.08. The van der Waals surface area contributed by atoms with Crippen LogP contribution >= 0.6 is 0 Å². The number of hydrogen-bond donors (Lipinski definition) is 1. The summed E-state index contributed by atoms with van der Waals surface area (Å²) < 4.78 is 77.1. The molecule has 4 rings (SSSR count). The predicted octanol–water partition coefficient (Wildman–Crippen LogP) is 7.96. The van der Waals surface area contributed by atoms with E-state index >= 15 is 0 Å². The van der Waals surface area contributed by atoms with E-state index < -0.39 is 38.2 Å². The lowest BCUT2D eigenvalue weighted by Gasteiger charge is -2.43. The quantitative estimate of drug-likeness (QED) is 0.190. The fourth-order valence-electron chi connectivity index (χ4n) is 4.76. The van der Waals surface area contributed by atoms with Gasteiger partial charge in [0.15, 0.2) is 26.6 Å². The Hall–Kier alpha value is -2.50. The van der Waals surface area contributed by atoms with Crippen LogP contribution in [0.1, 0.15) is 66.0 Å². The summed E-state index contributed by atoms with van der Waals surface area (Å²) in [6, 6.07) is 23.3. The van der Waals surface area contributed by atoms with E-state index in [0.717, 1.165) is 27.2 Å². The summed E-state index contributed by atoms with van der Waals surface area (Å²) in [6.45, 7) is 14.8. The smallest absolute Gasteiger partial charge is 0.405 e. The van der Waals surface area contributed by atoms with Gasteiger partial charge in [-0.2, -0.15) is 17.2 Å². The van der Waals surface area contributed by atoms with Crippen molar-refractivity contribution in [1.82, 2.24) is 0 Å². The molecule has 0 spiro atoms. The molecule has 1 fully saturated rings. The van der Waals surface area contributed by atoms with Crippen LogP contribution in [0.15, 0.2) is 87.5 Å². The highest BCUT2D eigenvalue weighted by Crippen LogP contribution is 2.41. The summed E-state index contributed by atoms with van der Waals surface area (Å²) in [5.74, 6) is -0.748. The van der Waals surface area contributed by atoms with Crippen LogP contribution in [0.25, 0.3) is 0 Å². The van der Waals surface area contributed by atoms with E-state index in [1.54, 1.807) is 12.1 Å². The molecule has 0 radical (unpaired) electrons. The van der Waals surface area contributed by atoms with Crippen LogP contribution < -0.4 is 4.74 Å². The first kappa shape index (κ1) is 33.4. The number of hydrogen-bond acceptors (Lipinski definition) is 5. The summed E-state index contributed by atoms with van der Waals surface area (Å²) in [6.07, 6.45) is -1.43. The molecule has 2 unspecified atom stereocenters. The molecule has 1 heterocycles. The van der Waals surface area contributed by atoms with Gasteiger partial charge in [-0.15, -0.1) is 0 Å². The third kappa shape index (κ3) is 7.26. The van der Waals surface area contributed by atoms with Gasteiger partial charge in [-0.3, -0.25) is 4.55 Å². The lowest BCUT2D eigenvalue weighted by atomic mass is 9.87. The number of alkyl halides is 2. The average Bonchev–Trinajstić information content (AvgIpc) is 2.94. The van der Waals surface area contributed by atoms with Gasteiger partial charge in [-0.1, -0.05) is 53.7 Å². The van der Waals surface area contributed by atoms with Crippen LogP contribution in [0.5, 0.6) is 5.75 Å². The zero-order chi connectivity index (χ0) is 31.8. The van der Waals surface area contributed by atoms with Crippen molar-refractivity contribution < 1.29 is 36.0 Å². The molecule has 1 N–H and O–H groups in total. The fraction of sp³-hybridized carbons (Fsp3) is 0.455. The highest BCUT2D eigenvalue weighted by molar-refractivity contribution is 7.97. The molecule has 1 saturated heterocycles. The van der Waals surface area contributed by atoms with Gasteiger partial charge >= 0.3 is 15.4 Å². The summed E-state index contributed by atoms with van der Waals surface area (Å²) in [4.78, 5) is 3.02. The second-order valence-electron chi connectivity index (χ2n) is 12.7. The minimum Gasteiger partial charge on any atom is -0.483 e. The van der Waals surface area contributed by atoms with Gasteiger partial charge in [-0.05, 0) is 78.6 Å². The van der Waals surface area contributed by atoms with Gasteiger partial charge in [0.25, 0.3) is 0 Å². The maximum atomic E-state index is 14.1. The molecular weight excluding hydrogens is 594 g/mol. The Bertz CT molecular complexity index is 1490. The average molecular weight is 636 g/mol. The molecule has 0 aliphatic carbocycles. The SMILES string of the molecule is CCC1(c2ccc([S+](c3ccc(OC(C)C(F)(F)S(=O)(=O)O)cc3)c3ccc(C(C)(C)C)cc3)cc2)OCC(C)(C)CO1. The molecule has 10 heteroatoms. The van der Waals surface area contributed by atoms with E-state index in [2.05, 4.69) is 71.0 Å². The van der Waals surface area contributed by atoms with Crippen LogP contribution in [0.2, 0.25) is 0 Å². The van der Waals surface area contributed by atoms with Gasteiger partial charge in [-0.25, -0.2) is 0 Å². The molecule has 2 atom stereocenters. The summed E-state index contributed by atoms with van der Waals surface area (Å²) >= 11 is 0. The third-order valence-corrected chi connectivity index (χ3v) is 10.8. The Morgan fingerprint density at radius 3 is 1.74 bits per heavy atom. The lowest BCUT2D eigenvalue weighted by Crippen LogP contribution is -2.45. The maximum Gasteiger partial charge on any atom is 0.405 e. The van der Waals surface area contributed by atoms with Crippen LogP contribution in [0.3, 0.4) is 0 Å². The largest absolute Gasteiger partial charge is 0.483 e. The topological polar surface area (TPSA) is 82.1 Å². The molecular formula is C33H41F2O6S2+. The Morgan fingerprint density at radius 1 is 0.884 bits per heavy atom. The Labute approximate surface area is 256 Å². The minimum absolute atomic E-state index is 0.0123. The van der Waals surface area contributed by atoms with Crippen LogP contribution in [-0.2, 0) is 41.7 Å². The van der Waals surface area contributed by atoms with Crippen molar-refractivity contribution in [3.05, 3.63) is 83.9 Å². The molecule has 1 aliphatic rings. The highest BCUT2D eigenvalue weighted by Gasteiger charge is 2.51. The van der Waals surface area contributed by atoms with Gasteiger partial charge in [0.2, 0.25) is 0 Å². The lowest BCUT2D eigenvalue weighted by molar-refractivity contribution is -0.309. The van der Waals surface area contributed by atoms with Gasteiger partial charge in [0, 0.05) is 17.4 Å². The van der Waals surface area contributed by atoms with Crippen molar-refractivity contribution in [3.63, 3.8) is 0 Å². The standard InChI is InChI=1S/C33H40F2O6S2/c1-8-32(39-21-31(6,7)22-40-32)25-11-17-28(18-12-25)42(27-15-9-24(10-16-27)30(3,4)5)29-19-13-26(14-20-29)41-23(2)33(34,35)43(36,37)38/h9-20,23H,8,21-22H2,1-7H3/p+1. The van der Waals surface area contributed by atoms with Gasteiger partial charge in [0.05, 0.1) is 24.1 Å².